The van der Waals surface area contributed by atoms with Gasteiger partial charge in [-0.3, -0.25) is 4.79 Å². The maximum atomic E-state index is 13.3. The highest BCUT2D eigenvalue weighted by molar-refractivity contribution is 6.00. The smallest absolute Gasteiger partial charge is 0.187 e. The molecule has 0 radical (unpaired) electrons. The van der Waals surface area contributed by atoms with E-state index in [1.54, 1.807) is 27.7 Å². The lowest BCUT2D eigenvalue weighted by Gasteiger charge is -2.62. The number of hydrogen-bond acceptors (Lipinski definition) is 8. The van der Waals surface area contributed by atoms with E-state index in [9.17, 15) is 40.5 Å². The van der Waals surface area contributed by atoms with E-state index in [1.807, 2.05) is 6.92 Å². The second-order valence-corrected chi connectivity index (χ2v) is 13.3. The number of carbonyl (C=O) groups excluding carboxylic acids is 1. The van der Waals surface area contributed by atoms with Gasteiger partial charge in [0.15, 0.2) is 5.78 Å². The van der Waals surface area contributed by atoms with Gasteiger partial charge in [-0.2, -0.15) is 0 Å². The van der Waals surface area contributed by atoms with Gasteiger partial charge in [0.1, 0.15) is 5.60 Å². The third-order valence-corrected chi connectivity index (χ3v) is 10.7. The summed E-state index contributed by atoms with van der Waals surface area (Å²) in [4.78, 5) is 13.3. The van der Waals surface area contributed by atoms with Crippen molar-refractivity contribution in [2.24, 2.45) is 22.7 Å². The molecule has 4 aliphatic carbocycles. The Morgan fingerprint density at radius 3 is 2.17 bits per heavy atom. The normalized spacial score (nSPS) is 48.3. The number of hydrogen-bond donors (Lipinski definition) is 7. The summed E-state index contributed by atoms with van der Waals surface area (Å²) in [5.41, 5.74) is -7.07. The maximum absolute atomic E-state index is 13.3. The first kappa shape index (κ1) is 27.2. The topological polar surface area (TPSA) is 159 Å². The van der Waals surface area contributed by atoms with Crippen molar-refractivity contribution in [1.82, 2.24) is 0 Å². The zero-order valence-corrected chi connectivity index (χ0v) is 21.7. The molecule has 0 aromatic rings. The van der Waals surface area contributed by atoms with E-state index in [-0.39, 0.29) is 25.2 Å². The van der Waals surface area contributed by atoms with Crippen LogP contribution >= 0.6 is 0 Å². The molecule has 0 aromatic heterocycles. The molecule has 4 aliphatic rings. The molecule has 3 unspecified atom stereocenters. The highest BCUT2D eigenvalue weighted by atomic mass is 16.3. The molecule has 0 amide bonds. The van der Waals surface area contributed by atoms with Crippen molar-refractivity contribution in [3.8, 4) is 0 Å². The van der Waals surface area contributed by atoms with Crippen LogP contribution in [0.1, 0.15) is 86.0 Å². The molecule has 7 N–H and O–H groups in total. The van der Waals surface area contributed by atoms with Crippen LogP contribution in [0.15, 0.2) is 11.6 Å². The summed E-state index contributed by atoms with van der Waals surface area (Å²) in [6.45, 7) is 8.58. The molecule has 0 aromatic carbocycles. The minimum atomic E-state index is -1.82. The third kappa shape index (κ3) is 3.70. The van der Waals surface area contributed by atoms with Gasteiger partial charge in [0.05, 0.1) is 35.1 Å². The summed E-state index contributed by atoms with van der Waals surface area (Å²) in [6.07, 6.45) is 0.0884. The quantitative estimate of drug-likeness (QED) is 0.297. The standard InChI is InChI=1S/C27H44O8/c1-22(2,32)9-8-20(30)25(5,33)19-7-11-26(34)16-12-21(31)27(35)14-18(29)17(28)13-24(27,4)15(16)6-10-23(19,26)3/h12,15,17-20,28-30,32-35H,6-11,13-14H2,1-5H3/t15-,17?,18?,19-,20?,23+,24+,25+,26+,27+/m0/s1. The van der Waals surface area contributed by atoms with E-state index in [1.165, 1.54) is 6.08 Å². The summed E-state index contributed by atoms with van der Waals surface area (Å²) in [6, 6.07) is 0. The number of fused-ring (bicyclic) bond motifs is 5. The zero-order chi connectivity index (χ0) is 26.4. The van der Waals surface area contributed by atoms with Crippen LogP contribution in [-0.2, 0) is 4.79 Å². The van der Waals surface area contributed by atoms with Crippen LogP contribution < -0.4 is 0 Å². The van der Waals surface area contributed by atoms with E-state index in [0.717, 1.165) is 0 Å². The van der Waals surface area contributed by atoms with Gasteiger partial charge in [0, 0.05) is 17.3 Å². The van der Waals surface area contributed by atoms with Gasteiger partial charge in [0.25, 0.3) is 0 Å². The van der Waals surface area contributed by atoms with E-state index in [2.05, 4.69) is 0 Å². The molecular weight excluding hydrogens is 452 g/mol. The Balaban J connectivity index is 1.70. The third-order valence-electron chi connectivity index (χ3n) is 10.7. The minimum Gasteiger partial charge on any atom is -0.390 e. The SMILES string of the molecule is CC(C)(O)CCC(O)[C@](C)(O)[C@H]1CC[C@@]2(O)C3=CC(=O)[C@]4(O)CC(O)C(O)C[C@]4(C)[C@H]3CC[C@]12C. The Kier molecular flexibility index (Phi) is 6.26. The van der Waals surface area contributed by atoms with Gasteiger partial charge in [-0.15, -0.1) is 0 Å². The van der Waals surface area contributed by atoms with Gasteiger partial charge >= 0.3 is 0 Å². The van der Waals surface area contributed by atoms with Crippen LogP contribution in [0.5, 0.6) is 0 Å². The predicted molar refractivity (Wildman–Crippen MR) is 128 cm³/mol. The molecule has 0 saturated heterocycles. The first-order valence-corrected chi connectivity index (χ1v) is 13.0. The van der Waals surface area contributed by atoms with Gasteiger partial charge in [0.2, 0.25) is 0 Å². The molecule has 8 nitrogen and oxygen atoms in total. The fourth-order valence-electron chi connectivity index (χ4n) is 8.31. The van der Waals surface area contributed by atoms with Crippen molar-refractivity contribution in [3.63, 3.8) is 0 Å². The fourth-order valence-corrected chi connectivity index (χ4v) is 8.31. The Bertz CT molecular complexity index is 907. The summed E-state index contributed by atoms with van der Waals surface area (Å²) in [5.74, 6) is -1.38. The summed E-state index contributed by atoms with van der Waals surface area (Å²) >= 11 is 0. The number of rotatable bonds is 5. The monoisotopic (exact) mass is 496 g/mol. The molecule has 10 atom stereocenters. The lowest BCUT2D eigenvalue weighted by molar-refractivity contribution is -0.211. The molecule has 3 saturated carbocycles. The average Bonchev–Trinajstić information content (AvgIpc) is 3.01. The first-order valence-electron chi connectivity index (χ1n) is 13.0. The molecule has 3 fully saturated rings. The predicted octanol–water partition coefficient (Wildman–Crippen LogP) is 0.969. The minimum absolute atomic E-state index is 0.0437. The van der Waals surface area contributed by atoms with Crippen LogP contribution in [-0.4, -0.2) is 82.2 Å². The van der Waals surface area contributed by atoms with Crippen molar-refractivity contribution < 1.29 is 40.5 Å². The second-order valence-electron chi connectivity index (χ2n) is 13.3. The van der Waals surface area contributed by atoms with Crippen LogP contribution in [0.3, 0.4) is 0 Å². The summed E-state index contributed by atoms with van der Waals surface area (Å²) in [7, 11) is 0. The van der Waals surface area contributed by atoms with Crippen LogP contribution in [0.4, 0.5) is 0 Å². The highest BCUT2D eigenvalue weighted by Crippen LogP contribution is 2.69. The van der Waals surface area contributed by atoms with Crippen molar-refractivity contribution in [3.05, 3.63) is 11.6 Å². The van der Waals surface area contributed by atoms with Crippen LogP contribution in [0, 0.1) is 22.7 Å². The number of ketones is 1. The molecule has 4 rings (SSSR count). The van der Waals surface area contributed by atoms with Crippen molar-refractivity contribution in [2.75, 3.05) is 0 Å². The number of carbonyl (C=O) groups is 1. The van der Waals surface area contributed by atoms with E-state index in [0.29, 0.717) is 37.7 Å². The van der Waals surface area contributed by atoms with Gasteiger partial charge in [-0.1, -0.05) is 13.8 Å². The molecule has 35 heavy (non-hydrogen) atoms. The van der Waals surface area contributed by atoms with Crippen LogP contribution in [0.2, 0.25) is 0 Å². The molecular formula is C27H44O8. The summed E-state index contributed by atoms with van der Waals surface area (Å²) in [5, 5.41) is 77.0. The van der Waals surface area contributed by atoms with E-state index >= 15 is 0 Å². The Morgan fingerprint density at radius 1 is 0.971 bits per heavy atom. The van der Waals surface area contributed by atoms with Crippen LogP contribution in [0.25, 0.3) is 0 Å². The number of aliphatic hydroxyl groups is 7. The lowest BCUT2D eigenvalue weighted by atomic mass is 9.44. The maximum Gasteiger partial charge on any atom is 0.187 e. The molecule has 8 heteroatoms. The van der Waals surface area contributed by atoms with Gasteiger partial charge in [-0.25, -0.2) is 0 Å². The molecule has 200 valence electrons. The van der Waals surface area contributed by atoms with Crippen molar-refractivity contribution in [2.45, 2.75) is 127 Å². The molecule has 0 bridgehead atoms. The molecule has 0 aliphatic heterocycles. The summed E-state index contributed by atoms with van der Waals surface area (Å²) < 4.78 is 0. The first-order chi connectivity index (χ1) is 15.8. The van der Waals surface area contributed by atoms with E-state index < -0.39 is 63.2 Å². The van der Waals surface area contributed by atoms with E-state index in [4.69, 9.17) is 0 Å². The Hall–Kier alpha value is -0.870. The highest BCUT2D eigenvalue weighted by Gasteiger charge is 2.71. The molecule has 0 heterocycles. The largest absolute Gasteiger partial charge is 0.390 e. The van der Waals surface area contributed by atoms with Crippen molar-refractivity contribution >= 4 is 5.78 Å². The second kappa shape index (κ2) is 8.06. The van der Waals surface area contributed by atoms with Crippen molar-refractivity contribution in [1.29, 1.82) is 0 Å². The fraction of sp³-hybridized carbons (Fsp3) is 0.889. The zero-order valence-electron chi connectivity index (χ0n) is 21.7. The van der Waals surface area contributed by atoms with Gasteiger partial charge < -0.3 is 35.7 Å². The lowest BCUT2D eigenvalue weighted by Crippen LogP contribution is -2.69. The Morgan fingerprint density at radius 2 is 1.57 bits per heavy atom. The number of aliphatic hydroxyl groups excluding tert-OH is 3. The molecule has 0 spiro atoms. The van der Waals surface area contributed by atoms with Gasteiger partial charge in [-0.05, 0) is 89.2 Å². The average molecular weight is 497 g/mol. The Labute approximate surface area is 207 Å².